The van der Waals surface area contributed by atoms with Gasteiger partial charge in [0.15, 0.2) is 5.41 Å². The summed E-state index contributed by atoms with van der Waals surface area (Å²) in [6.07, 6.45) is 0.281. The lowest BCUT2D eigenvalue weighted by atomic mass is 9.81. The molecule has 1 aromatic carbocycles. The van der Waals surface area contributed by atoms with E-state index in [4.69, 9.17) is 9.47 Å². The lowest BCUT2D eigenvalue weighted by Gasteiger charge is -2.26. The number of ether oxygens (including phenoxy) is 2. The third-order valence-corrected chi connectivity index (χ3v) is 3.63. The van der Waals surface area contributed by atoms with Crippen molar-refractivity contribution in [3.63, 3.8) is 0 Å². The fourth-order valence-corrected chi connectivity index (χ4v) is 2.29. The minimum absolute atomic E-state index is 0.237. The van der Waals surface area contributed by atoms with Gasteiger partial charge in [-0.05, 0) is 57.7 Å². The standard InChI is InChI=1S/C17H24O4/c1-6-20-15(18)17(5,16(19)21-7-2)11-14-12(3)9-8-10-13(14)4/h8-10H,6-7,11H2,1-5H3. The van der Waals surface area contributed by atoms with Crippen LogP contribution in [0.15, 0.2) is 18.2 Å². The maximum atomic E-state index is 12.3. The fraction of sp³-hybridized carbons (Fsp3) is 0.529. The molecule has 0 bridgehead atoms. The van der Waals surface area contributed by atoms with Gasteiger partial charge in [-0.3, -0.25) is 9.59 Å². The first-order valence-electron chi connectivity index (χ1n) is 7.26. The maximum Gasteiger partial charge on any atom is 0.323 e. The Bertz CT molecular complexity index is 481. The summed E-state index contributed by atoms with van der Waals surface area (Å²) in [4.78, 5) is 24.6. The third-order valence-electron chi connectivity index (χ3n) is 3.63. The van der Waals surface area contributed by atoms with E-state index in [0.29, 0.717) is 0 Å². The van der Waals surface area contributed by atoms with Crippen LogP contribution in [-0.4, -0.2) is 25.2 Å². The van der Waals surface area contributed by atoms with Crippen molar-refractivity contribution in [3.05, 3.63) is 34.9 Å². The molecule has 0 saturated carbocycles. The van der Waals surface area contributed by atoms with Gasteiger partial charge in [-0.1, -0.05) is 18.2 Å². The van der Waals surface area contributed by atoms with E-state index in [-0.39, 0.29) is 19.6 Å². The van der Waals surface area contributed by atoms with Gasteiger partial charge in [0.2, 0.25) is 0 Å². The van der Waals surface area contributed by atoms with Crippen LogP contribution >= 0.6 is 0 Å². The fourth-order valence-electron chi connectivity index (χ4n) is 2.29. The largest absolute Gasteiger partial charge is 0.465 e. The average molecular weight is 292 g/mol. The highest BCUT2D eigenvalue weighted by Crippen LogP contribution is 2.29. The lowest BCUT2D eigenvalue weighted by Crippen LogP contribution is -2.41. The van der Waals surface area contributed by atoms with Gasteiger partial charge in [-0.15, -0.1) is 0 Å². The zero-order chi connectivity index (χ0) is 16.0. The number of hydrogen-bond acceptors (Lipinski definition) is 4. The van der Waals surface area contributed by atoms with Crippen molar-refractivity contribution in [2.75, 3.05) is 13.2 Å². The molecule has 0 amide bonds. The van der Waals surface area contributed by atoms with Gasteiger partial charge in [-0.25, -0.2) is 0 Å². The van der Waals surface area contributed by atoms with Crippen LogP contribution in [0.1, 0.15) is 37.5 Å². The van der Waals surface area contributed by atoms with E-state index >= 15 is 0 Å². The molecule has 0 radical (unpaired) electrons. The molecule has 0 aliphatic rings. The highest BCUT2D eigenvalue weighted by Gasteiger charge is 2.44. The smallest absolute Gasteiger partial charge is 0.323 e. The summed E-state index contributed by atoms with van der Waals surface area (Å²) in [6, 6.07) is 5.90. The molecule has 0 aromatic heterocycles. The van der Waals surface area contributed by atoms with Crippen LogP contribution in [0.25, 0.3) is 0 Å². The van der Waals surface area contributed by atoms with Crippen molar-refractivity contribution in [3.8, 4) is 0 Å². The Labute approximate surface area is 126 Å². The van der Waals surface area contributed by atoms with Gasteiger partial charge in [0, 0.05) is 0 Å². The van der Waals surface area contributed by atoms with Crippen molar-refractivity contribution in [2.24, 2.45) is 5.41 Å². The molecule has 0 atom stereocenters. The summed E-state index contributed by atoms with van der Waals surface area (Å²) in [6.45, 7) is 9.46. The molecule has 0 aliphatic carbocycles. The Morgan fingerprint density at radius 3 is 1.81 bits per heavy atom. The van der Waals surface area contributed by atoms with Crippen LogP contribution < -0.4 is 0 Å². The van der Waals surface area contributed by atoms with Gasteiger partial charge in [0.05, 0.1) is 13.2 Å². The van der Waals surface area contributed by atoms with Gasteiger partial charge < -0.3 is 9.47 Å². The highest BCUT2D eigenvalue weighted by atomic mass is 16.6. The molecule has 0 N–H and O–H groups in total. The SMILES string of the molecule is CCOC(=O)C(C)(Cc1c(C)cccc1C)C(=O)OCC. The van der Waals surface area contributed by atoms with Crippen LogP contribution in [0.4, 0.5) is 0 Å². The molecule has 1 rings (SSSR count). The van der Waals surface area contributed by atoms with Crippen molar-refractivity contribution < 1.29 is 19.1 Å². The molecule has 21 heavy (non-hydrogen) atoms. The Balaban J connectivity index is 3.19. The summed E-state index contributed by atoms with van der Waals surface area (Å²) < 4.78 is 10.2. The number of carbonyl (C=O) groups excluding carboxylic acids is 2. The molecule has 1 aromatic rings. The summed E-state index contributed by atoms with van der Waals surface area (Å²) in [5.41, 5.74) is 1.77. The second-order valence-electron chi connectivity index (χ2n) is 5.32. The summed E-state index contributed by atoms with van der Waals surface area (Å²) in [7, 11) is 0. The second-order valence-corrected chi connectivity index (χ2v) is 5.32. The van der Waals surface area contributed by atoms with E-state index in [9.17, 15) is 9.59 Å². The van der Waals surface area contributed by atoms with Crippen LogP contribution in [-0.2, 0) is 25.5 Å². The van der Waals surface area contributed by atoms with Crippen LogP contribution in [0, 0.1) is 19.3 Å². The molecule has 0 unspecified atom stereocenters. The summed E-state index contributed by atoms with van der Waals surface area (Å²) >= 11 is 0. The number of aryl methyl sites for hydroxylation is 2. The van der Waals surface area contributed by atoms with Crippen LogP contribution in [0.2, 0.25) is 0 Å². The first-order chi connectivity index (χ1) is 9.86. The second kappa shape index (κ2) is 7.25. The number of carbonyl (C=O) groups is 2. The molecule has 0 spiro atoms. The topological polar surface area (TPSA) is 52.6 Å². The third kappa shape index (κ3) is 3.84. The predicted octanol–water partition coefficient (Wildman–Crippen LogP) is 2.98. The molecule has 0 heterocycles. The molecular weight excluding hydrogens is 268 g/mol. The Morgan fingerprint density at radius 1 is 1.00 bits per heavy atom. The quantitative estimate of drug-likeness (QED) is 0.597. The van der Waals surface area contributed by atoms with E-state index in [0.717, 1.165) is 16.7 Å². The normalized spacial score (nSPS) is 11.1. The van der Waals surface area contributed by atoms with Crippen LogP contribution in [0.5, 0.6) is 0 Å². The van der Waals surface area contributed by atoms with Crippen molar-refractivity contribution in [1.29, 1.82) is 0 Å². The van der Waals surface area contributed by atoms with E-state index in [1.807, 2.05) is 32.0 Å². The molecule has 0 aliphatic heterocycles. The van der Waals surface area contributed by atoms with E-state index in [1.165, 1.54) is 0 Å². The minimum atomic E-state index is -1.32. The minimum Gasteiger partial charge on any atom is -0.465 e. The molecular formula is C17H24O4. The molecule has 4 nitrogen and oxygen atoms in total. The zero-order valence-electron chi connectivity index (χ0n) is 13.5. The first kappa shape index (κ1) is 17.2. The number of hydrogen-bond donors (Lipinski definition) is 0. The van der Waals surface area contributed by atoms with Crippen molar-refractivity contribution in [2.45, 2.75) is 41.0 Å². The van der Waals surface area contributed by atoms with Gasteiger partial charge in [0.25, 0.3) is 0 Å². The predicted molar refractivity (Wildman–Crippen MR) is 81.0 cm³/mol. The summed E-state index contributed by atoms with van der Waals surface area (Å²) in [5.74, 6) is -1.07. The number of benzene rings is 1. The molecule has 116 valence electrons. The average Bonchev–Trinajstić information content (AvgIpc) is 2.43. The zero-order valence-corrected chi connectivity index (χ0v) is 13.5. The molecule has 0 saturated heterocycles. The maximum absolute atomic E-state index is 12.3. The first-order valence-corrected chi connectivity index (χ1v) is 7.26. The van der Waals surface area contributed by atoms with Gasteiger partial charge in [-0.2, -0.15) is 0 Å². The van der Waals surface area contributed by atoms with E-state index < -0.39 is 17.4 Å². The lowest BCUT2D eigenvalue weighted by molar-refractivity contribution is -0.170. The van der Waals surface area contributed by atoms with Gasteiger partial charge in [0.1, 0.15) is 0 Å². The van der Waals surface area contributed by atoms with Crippen molar-refractivity contribution in [1.82, 2.24) is 0 Å². The number of rotatable bonds is 6. The molecule has 0 fully saturated rings. The Morgan fingerprint density at radius 2 is 1.43 bits per heavy atom. The van der Waals surface area contributed by atoms with E-state index in [1.54, 1.807) is 20.8 Å². The highest BCUT2D eigenvalue weighted by molar-refractivity contribution is 6.00. The summed E-state index contributed by atoms with van der Waals surface area (Å²) in [5, 5.41) is 0. The van der Waals surface area contributed by atoms with Gasteiger partial charge >= 0.3 is 11.9 Å². The molecule has 4 heteroatoms. The van der Waals surface area contributed by atoms with Crippen LogP contribution in [0.3, 0.4) is 0 Å². The monoisotopic (exact) mass is 292 g/mol. The Kier molecular flexibility index (Phi) is 5.94. The number of esters is 2. The van der Waals surface area contributed by atoms with Crippen molar-refractivity contribution >= 4 is 11.9 Å². The Hall–Kier alpha value is -1.84. The van der Waals surface area contributed by atoms with E-state index in [2.05, 4.69) is 0 Å².